The Labute approximate surface area is 88.1 Å². The maximum absolute atomic E-state index is 10.1. The first-order valence-corrected chi connectivity index (χ1v) is 6.58. The molecule has 3 nitrogen and oxygen atoms in total. The zero-order valence-corrected chi connectivity index (χ0v) is 11.0. The first-order valence-electron chi connectivity index (χ1n) is 4.74. The fraction of sp³-hybridized carbons (Fsp3) is 0.800. The molecule has 0 saturated carbocycles. The van der Waals surface area contributed by atoms with Gasteiger partial charge in [-0.3, -0.25) is 0 Å². The summed E-state index contributed by atoms with van der Waals surface area (Å²) < 4.78 is 11.0. The highest BCUT2D eigenvalue weighted by molar-refractivity contribution is 6.65. The standard InChI is InChI=1S/C10H22O3Si/c1-8-14(11,12-9(2,3)4)13-10(5,6)7/h8,11H,1H2,2-7H3. The summed E-state index contributed by atoms with van der Waals surface area (Å²) >= 11 is 0. The van der Waals surface area contributed by atoms with Gasteiger partial charge in [0.1, 0.15) is 0 Å². The zero-order valence-electron chi connectivity index (χ0n) is 10.0. The summed E-state index contributed by atoms with van der Waals surface area (Å²) in [6.45, 7) is 14.8. The van der Waals surface area contributed by atoms with E-state index in [4.69, 9.17) is 8.85 Å². The van der Waals surface area contributed by atoms with Crippen LogP contribution in [0.3, 0.4) is 0 Å². The molecule has 0 fully saturated rings. The summed E-state index contributed by atoms with van der Waals surface area (Å²) in [4.78, 5) is 10.1. The molecule has 0 spiro atoms. The van der Waals surface area contributed by atoms with Crippen LogP contribution in [-0.2, 0) is 8.85 Å². The third kappa shape index (κ3) is 6.31. The van der Waals surface area contributed by atoms with Gasteiger partial charge in [-0.05, 0) is 47.2 Å². The van der Waals surface area contributed by atoms with Crippen LogP contribution < -0.4 is 0 Å². The molecule has 0 unspecified atom stereocenters. The Morgan fingerprint density at radius 3 is 1.43 bits per heavy atom. The van der Waals surface area contributed by atoms with Crippen molar-refractivity contribution in [2.24, 2.45) is 0 Å². The van der Waals surface area contributed by atoms with Crippen LogP contribution in [0, 0.1) is 0 Å². The van der Waals surface area contributed by atoms with E-state index in [-0.39, 0.29) is 0 Å². The van der Waals surface area contributed by atoms with Crippen molar-refractivity contribution in [3.63, 3.8) is 0 Å². The molecule has 0 rings (SSSR count). The Morgan fingerprint density at radius 1 is 1.00 bits per heavy atom. The van der Waals surface area contributed by atoms with Gasteiger partial charge in [0, 0.05) is 0 Å². The maximum Gasteiger partial charge on any atom is 0.527 e. The van der Waals surface area contributed by atoms with Gasteiger partial charge in [-0.2, -0.15) is 0 Å². The quantitative estimate of drug-likeness (QED) is 0.739. The van der Waals surface area contributed by atoms with Crippen LogP contribution in [0.25, 0.3) is 0 Å². The molecular formula is C10H22O3Si. The number of hydrogen-bond donors (Lipinski definition) is 1. The third-order valence-electron chi connectivity index (χ3n) is 1.16. The SMILES string of the molecule is C=C[Si](O)(OC(C)(C)C)OC(C)(C)C. The van der Waals surface area contributed by atoms with Crippen molar-refractivity contribution in [1.29, 1.82) is 0 Å². The molecule has 4 heteroatoms. The topological polar surface area (TPSA) is 38.7 Å². The maximum atomic E-state index is 10.1. The molecule has 14 heavy (non-hydrogen) atoms. The van der Waals surface area contributed by atoms with E-state index in [2.05, 4.69) is 6.58 Å². The predicted octanol–water partition coefficient (Wildman–Crippen LogP) is 2.27. The van der Waals surface area contributed by atoms with Gasteiger partial charge in [0.2, 0.25) is 0 Å². The molecule has 0 amide bonds. The molecule has 0 atom stereocenters. The van der Waals surface area contributed by atoms with Gasteiger partial charge in [-0.25, -0.2) is 0 Å². The molecule has 0 aromatic carbocycles. The lowest BCUT2D eigenvalue weighted by atomic mass is 10.2. The number of rotatable bonds is 3. The summed E-state index contributed by atoms with van der Waals surface area (Å²) in [5.41, 5.74) is 0.532. The van der Waals surface area contributed by atoms with Crippen LogP contribution in [0.1, 0.15) is 41.5 Å². The molecule has 0 aliphatic heterocycles. The fourth-order valence-electron chi connectivity index (χ4n) is 0.982. The Kier molecular flexibility index (Phi) is 4.09. The van der Waals surface area contributed by atoms with Crippen molar-refractivity contribution in [1.82, 2.24) is 0 Å². The fourth-order valence-corrected chi connectivity index (χ4v) is 2.94. The summed E-state index contributed by atoms with van der Waals surface area (Å²) in [5, 5.41) is 0. The molecule has 0 aromatic rings. The zero-order chi connectivity index (χ0) is 11.6. The van der Waals surface area contributed by atoms with E-state index >= 15 is 0 Å². The van der Waals surface area contributed by atoms with Crippen LogP contribution in [0.5, 0.6) is 0 Å². The van der Waals surface area contributed by atoms with Crippen LogP contribution in [0.15, 0.2) is 12.3 Å². The van der Waals surface area contributed by atoms with Gasteiger partial charge in [-0.15, -0.1) is 0 Å². The second kappa shape index (κ2) is 4.14. The van der Waals surface area contributed by atoms with E-state index in [0.717, 1.165) is 0 Å². The first-order chi connectivity index (χ1) is 5.97. The largest absolute Gasteiger partial charge is 0.527 e. The molecule has 0 aliphatic carbocycles. The second-order valence-corrected chi connectivity index (χ2v) is 7.34. The molecule has 0 bridgehead atoms. The molecule has 0 aromatic heterocycles. The monoisotopic (exact) mass is 218 g/mol. The highest BCUT2D eigenvalue weighted by Gasteiger charge is 2.41. The minimum absolute atomic E-state index is 0.430. The molecule has 0 radical (unpaired) electrons. The van der Waals surface area contributed by atoms with Crippen LogP contribution in [0.4, 0.5) is 0 Å². The molecule has 0 saturated heterocycles. The average molecular weight is 218 g/mol. The summed E-state index contributed by atoms with van der Waals surface area (Å²) in [7, 11) is -3.23. The van der Waals surface area contributed by atoms with Crippen LogP contribution >= 0.6 is 0 Å². The van der Waals surface area contributed by atoms with E-state index < -0.39 is 20.0 Å². The normalized spacial score (nSPS) is 14.2. The van der Waals surface area contributed by atoms with E-state index in [0.29, 0.717) is 0 Å². The second-order valence-electron chi connectivity index (χ2n) is 5.26. The van der Waals surface area contributed by atoms with Crippen LogP contribution in [-0.4, -0.2) is 24.8 Å². The van der Waals surface area contributed by atoms with Crippen molar-refractivity contribution >= 4 is 8.80 Å². The van der Waals surface area contributed by atoms with E-state index in [1.165, 1.54) is 5.70 Å². The van der Waals surface area contributed by atoms with Crippen molar-refractivity contribution in [2.45, 2.75) is 52.7 Å². The van der Waals surface area contributed by atoms with Crippen molar-refractivity contribution in [3.05, 3.63) is 12.3 Å². The van der Waals surface area contributed by atoms with E-state index in [1.807, 2.05) is 41.5 Å². The molecular weight excluding hydrogens is 196 g/mol. The predicted molar refractivity (Wildman–Crippen MR) is 59.8 cm³/mol. The molecule has 0 heterocycles. The minimum atomic E-state index is -3.23. The first kappa shape index (κ1) is 13.8. The van der Waals surface area contributed by atoms with Crippen LogP contribution in [0.2, 0.25) is 0 Å². The average Bonchev–Trinajstić information content (AvgIpc) is 1.78. The Hall–Kier alpha value is -0.163. The Morgan fingerprint density at radius 2 is 1.29 bits per heavy atom. The Balaban J connectivity index is 4.57. The summed E-state index contributed by atoms with van der Waals surface area (Å²) in [5.74, 6) is 0. The number of hydrogen-bond acceptors (Lipinski definition) is 3. The van der Waals surface area contributed by atoms with Gasteiger partial charge in [0.25, 0.3) is 0 Å². The van der Waals surface area contributed by atoms with Gasteiger partial charge in [0.15, 0.2) is 0 Å². The van der Waals surface area contributed by atoms with E-state index in [9.17, 15) is 4.80 Å². The van der Waals surface area contributed by atoms with Crippen molar-refractivity contribution in [3.8, 4) is 0 Å². The lowest BCUT2D eigenvalue weighted by molar-refractivity contribution is -0.0181. The summed E-state index contributed by atoms with van der Waals surface area (Å²) in [6, 6.07) is 0. The van der Waals surface area contributed by atoms with Crippen molar-refractivity contribution < 1.29 is 13.6 Å². The van der Waals surface area contributed by atoms with Gasteiger partial charge >= 0.3 is 8.80 Å². The smallest absolute Gasteiger partial charge is 0.387 e. The lowest BCUT2D eigenvalue weighted by Gasteiger charge is -2.34. The minimum Gasteiger partial charge on any atom is -0.387 e. The van der Waals surface area contributed by atoms with Gasteiger partial charge < -0.3 is 13.6 Å². The van der Waals surface area contributed by atoms with Gasteiger partial charge in [0.05, 0.1) is 11.2 Å². The highest BCUT2D eigenvalue weighted by Crippen LogP contribution is 2.21. The third-order valence-corrected chi connectivity index (χ3v) is 3.49. The molecule has 1 N–H and O–H groups in total. The molecule has 84 valence electrons. The van der Waals surface area contributed by atoms with Gasteiger partial charge in [-0.1, -0.05) is 6.58 Å². The van der Waals surface area contributed by atoms with E-state index in [1.54, 1.807) is 0 Å². The Bertz CT molecular complexity index is 184. The molecule has 0 aliphatic rings. The lowest BCUT2D eigenvalue weighted by Crippen LogP contribution is -2.50. The van der Waals surface area contributed by atoms with Crippen molar-refractivity contribution in [2.75, 3.05) is 0 Å². The highest BCUT2D eigenvalue weighted by atomic mass is 28.4. The summed E-state index contributed by atoms with van der Waals surface area (Å²) in [6.07, 6.45) is 0.